The van der Waals surface area contributed by atoms with Crippen LogP contribution in [0.15, 0.2) is 59.7 Å². The molecule has 0 radical (unpaired) electrons. The van der Waals surface area contributed by atoms with Crippen molar-refractivity contribution in [2.24, 2.45) is 5.92 Å². The van der Waals surface area contributed by atoms with Crippen LogP contribution in [0.25, 0.3) is 0 Å². The van der Waals surface area contributed by atoms with E-state index >= 15 is 0 Å². The van der Waals surface area contributed by atoms with Gasteiger partial charge < -0.3 is 19.0 Å². The number of allylic oxidation sites excluding steroid dienone is 1. The van der Waals surface area contributed by atoms with E-state index in [2.05, 4.69) is 50.9 Å². The highest BCUT2D eigenvalue weighted by atomic mass is 28.4. The first-order valence-electron chi connectivity index (χ1n) is 12.0. The number of benzene rings is 1. The Morgan fingerprint density at radius 2 is 1.97 bits per heavy atom. The zero-order valence-corrected chi connectivity index (χ0v) is 22.1. The van der Waals surface area contributed by atoms with Crippen LogP contribution in [0, 0.1) is 5.92 Å². The normalized spacial score (nSPS) is 24.1. The lowest BCUT2D eigenvalue weighted by atomic mass is 9.65. The predicted molar refractivity (Wildman–Crippen MR) is 136 cm³/mol. The van der Waals surface area contributed by atoms with Crippen molar-refractivity contribution in [2.75, 3.05) is 6.54 Å². The number of fused-ring (bicyclic) bond motifs is 2. The van der Waals surface area contributed by atoms with Crippen LogP contribution in [-0.2, 0) is 15.8 Å². The van der Waals surface area contributed by atoms with Crippen molar-refractivity contribution in [3.8, 4) is 5.88 Å². The van der Waals surface area contributed by atoms with E-state index in [9.17, 15) is 9.59 Å². The lowest BCUT2D eigenvalue weighted by Gasteiger charge is -2.50. The molecule has 2 aromatic rings. The molecule has 0 saturated carbocycles. The summed E-state index contributed by atoms with van der Waals surface area (Å²) < 4.78 is 18.5. The number of nitrogens with zero attached hydrogens (tertiary/aromatic N) is 1. The number of hydrogen-bond donors (Lipinski definition) is 1. The van der Waals surface area contributed by atoms with E-state index in [1.807, 2.05) is 36.4 Å². The van der Waals surface area contributed by atoms with Gasteiger partial charge in [0.1, 0.15) is 12.2 Å². The lowest BCUT2D eigenvalue weighted by molar-refractivity contribution is -0.133. The van der Waals surface area contributed by atoms with E-state index in [0.29, 0.717) is 18.7 Å². The van der Waals surface area contributed by atoms with Gasteiger partial charge in [0, 0.05) is 12.5 Å². The summed E-state index contributed by atoms with van der Waals surface area (Å²) in [5, 5.41) is 7.31. The molecule has 2 unspecified atom stereocenters. The predicted octanol–water partition coefficient (Wildman–Crippen LogP) is 5.17. The Bertz CT molecular complexity index is 1150. The lowest BCUT2D eigenvalue weighted by Crippen LogP contribution is -2.65. The fourth-order valence-corrected chi connectivity index (χ4v) is 5.98. The summed E-state index contributed by atoms with van der Waals surface area (Å²) in [5.41, 5.74) is -0.559. The molecule has 4 rings (SSSR count). The van der Waals surface area contributed by atoms with Crippen LogP contribution in [0.5, 0.6) is 5.88 Å². The number of aromatic nitrogens is 1. The van der Waals surface area contributed by atoms with Crippen LogP contribution in [0.4, 0.5) is 0 Å². The van der Waals surface area contributed by atoms with Gasteiger partial charge in [-0.15, -0.1) is 6.58 Å². The van der Waals surface area contributed by atoms with Crippen molar-refractivity contribution < 1.29 is 23.3 Å². The van der Waals surface area contributed by atoms with Gasteiger partial charge in [-0.1, -0.05) is 63.3 Å². The molecule has 35 heavy (non-hydrogen) atoms. The number of carbonyl (C=O) groups is 2. The fourth-order valence-electron chi connectivity index (χ4n) is 4.52. The number of rotatable bonds is 8. The molecule has 0 bridgehead atoms. The Kier molecular flexibility index (Phi) is 6.74. The third-order valence-electron chi connectivity index (χ3n) is 7.41. The van der Waals surface area contributed by atoms with Crippen molar-refractivity contribution >= 4 is 19.9 Å². The van der Waals surface area contributed by atoms with E-state index in [-0.39, 0.29) is 28.9 Å². The number of hydrogen-bond acceptors (Lipinski definition) is 7. The zero-order valence-electron chi connectivity index (χ0n) is 21.1. The third kappa shape index (κ3) is 4.35. The number of Topliss-reactive ketones (excluding diaryl/α,β-unsaturated/α-hetero) is 1. The summed E-state index contributed by atoms with van der Waals surface area (Å²) in [7, 11) is -2.56. The second-order valence-corrected chi connectivity index (χ2v) is 15.4. The Labute approximate surface area is 207 Å². The van der Waals surface area contributed by atoms with Gasteiger partial charge in [-0.3, -0.25) is 9.59 Å². The molecule has 0 spiro atoms. The molecule has 8 heteroatoms. The van der Waals surface area contributed by atoms with Gasteiger partial charge in [0.2, 0.25) is 5.78 Å². The number of carbonyl (C=O) groups excluding carboxylic acids is 2. The van der Waals surface area contributed by atoms with Crippen molar-refractivity contribution in [3.63, 3.8) is 0 Å². The largest absolute Gasteiger partial charge is 0.470 e. The molecule has 2 aliphatic rings. The number of ketones is 2. The number of nitrogens with one attached hydrogen (secondary N) is 1. The van der Waals surface area contributed by atoms with Crippen LogP contribution in [0.2, 0.25) is 18.1 Å². The smallest absolute Gasteiger partial charge is 0.265 e. The molecular formula is C27H34N2O5Si. The Balaban J connectivity index is 1.83. The highest BCUT2D eigenvalue weighted by molar-refractivity contribution is 6.74. The van der Waals surface area contributed by atoms with E-state index < -0.39 is 31.7 Å². The maximum Gasteiger partial charge on any atom is 0.265 e. The SMILES string of the molecule is C=CCN[C@@H]1c2onc(OCc3ccccc3)c2C(=O)C2(O[Si](C)(C)C(C)(C)C)C(=O)C=CCC12. The molecule has 1 heterocycles. The molecule has 0 saturated heterocycles. The molecular weight excluding hydrogens is 460 g/mol. The maximum absolute atomic E-state index is 14.3. The first-order valence-corrected chi connectivity index (χ1v) is 14.9. The molecule has 0 aliphatic heterocycles. The van der Waals surface area contributed by atoms with Gasteiger partial charge in [0.15, 0.2) is 25.5 Å². The average molecular weight is 495 g/mol. The molecule has 186 valence electrons. The second kappa shape index (κ2) is 9.33. The third-order valence-corrected chi connectivity index (χ3v) is 11.9. The molecule has 0 amide bonds. The van der Waals surface area contributed by atoms with E-state index in [1.54, 1.807) is 6.08 Å². The summed E-state index contributed by atoms with van der Waals surface area (Å²) in [5.74, 6) is -0.794. The van der Waals surface area contributed by atoms with Crippen LogP contribution >= 0.6 is 0 Å². The summed E-state index contributed by atoms with van der Waals surface area (Å²) in [6.07, 6.45) is 5.51. The van der Waals surface area contributed by atoms with Gasteiger partial charge >= 0.3 is 0 Å². The highest BCUT2D eigenvalue weighted by Gasteiger charge is 2.64. The summed E-state index contributed by atoms with van der Waals surface area (Å²) in [6, 6.07) is 9.13. The van der Waals surface area contributed by atoms with Crippen LogP contribution < -0.4 is 10.1 Å². The van der Waals surface area contributed by atoms with E-state index in [4.69, 9.17) is 13.7 Å². The molecule has 7 nitrogen and oxygen atoms in total. The topological polar surface area (TPSA) is 90.7 Å². The fraction of sp³-hybridized carbons (Fsp3) is 0.444. The zero-order chi connectivity index (χ0) is 25.4. The molecule has 1 aromatic carbocycles. The van der Waals surface area contributed by atoms with Crippen LogP contribution in [0.3, 0.4) is 0 Å². The Morgan fingerprint density at radius 1 is 1.26 bits per heavy atom. The first-order chi connectivity index (χ1) is 16.5. The monoisotopic (exact) mass is 494 g/mol. The second-order valence-electron chi connectivity index (χ2n) is 10.7. The molecule has 3 atom stereocenters. The minimum absolute atomic E-state index is 0.0817. The maximum atomic E-state index is 14.3. The summed E-state index contributed by atoms with van der Waals surface area (Å²) in [6.45, 7) is 14.9. The standard InChI is InChI=1S/C27H34N2O5Si/c1-7-16-28-22-19-14-11-15-20(30)27(19,34-35(5,6)26(2,3)4)24(31)21-23(22)33-29-25(21)32-17-18-12-9-8-10-13-18/h7-13,15,19,22,28H,1,14,16-17H2,2-6H3/t19?,22-,27?/m0/s1. The van der Waals surface area contributed by atoms with Gasteiger partial charge in [-0.25, -0.2) is 0 Å². The van der Waals surface area contributed by atoms with E-state index in [0.717, 1.165) is 5.56 Å². The minimum atomic E-state index is -2.56. The highest BCUT2D eigenvalue weighted by Crippen LogP contribution is 2.52. The Morgan fingerprint density at radius 3 is 2.63 bits per heavy atom. The Hall–Kier alpha value is -2.81. The molecule has 1 N–H and O–H groups in total. The summed E-state index contributed by atoms with van der Waals surface area (Å²) >= 11 is 0. The van der Waals surface area contributed by atoms with Gasteiger partial charge in [-0.05, 0) is 41.3 Å². The van der Waals surface area contributed by atoms with Crippen LogP contribution in [0.1, 0.15) is 54.9 Å². The minimum Gasteiger partial charge on any atom is -0.470 e. The van der Waals surface area contributed by atoms with Crippen molar-refractivity contribution in [2.45, 2.75) is 63.6 Å². The molecule has 0 fully saturated rings. The van der Waals surface area contributed by atoms with E-state index in [1.165, 1.54) is 6.08 Å². The number of ether oxygens (including phenoxy) is 1. The van der Waals surface area contributed by atoms with Gasteiger partial charge in [-0.2, -0.15) is 0 Å². The van der Waals surface area contributed by atoms with Crippen molar-refractivity contribution in [1.82, 2.24) is 10.5 Å². The first kappa shape index (κ1) is 25.3. The average Bonchev–Trinajstić information content (AvgIpc) is 3.23. The molecule has 1 aromatic heterocycles. The van der Waals surface area contributed by atoms with Gasteiger partial charge in [0.05, 0.1) is 6.04 Å². The molecule has 2 aliphatic carbocycles. The van der Waals surface area contributed by atoms with Crippen LogP contribution in [-0.4, -0.2) is 37.2 Å². The van der Waals surface area contributed by atoms with Crippen molar-refractivity contribution in [3.05, 3.63) is 72.0 Å². The quantitative estimate of drug-likeness (QED) is 0.307. The van der Waals surface area contributed by atoms with Crippen molar-refractivity contribution in [1.29, 1.82) is 0 Å². The summed E-state index contributed by atoms with van der Waals surface area (Å²) in [4.78, 5) is 28.0. The van der Waals surface area contributed by atoms with Gasteiger partial charge in [0.25, 0.3) is 5.88 Å².